The first-order chi connectivity index (χ1) is 9.61. The van der Waals surface area contributed by atoms with E-state index in [1.165, 1.54) is 0 Å². The number of phenolic OH excluding ortho intramolecular Hbond substituents is 1. The summed E-state index contributed by atoms with van der Waals surface area (Å²) in [5, 5.41) is 10.1. The number of imidazole rings is 1. The smallest absolute Gasteiger partial charge is 0.153 e. The Bertz CT molecular complexity index is 754. The summed E-state index contributed by atoms with van der Waals surface area (Å²) in [5.74, 6) is 1.59. The maximum absolute atomic E-state index is 9.45. The monoisotopic (exact) mass is 288 g/mol. The standard InChI is InChI=1S/C15H13ClN2O2/c1-9(20-12-4-2-3-10(16)7-12)15-17-13-6-5-11(19)8-14(13)18-15/h2-9,19H,1H3,(H,17,18). The molecular weight excluding hydrogens is 276 g/mol. The summed E-state index contributed by atoms with van der Waals surface area (Å²) in [5.41, 5.74) is 1.57. The molecule has 3 aromatic rings. The number of aromatic nitrogens is 2. The lowest BCUT2D eigenvalue weighted by Gasteiger charge is -2.12. The van der Waals surface area contributed by atoms with Gasteiger partial charge in [0.05, 0.1) is 11.0 Å². The van der Waals surface area contributed by atoms with Gasteiger partial charge in [-0.1, -0.05) is 17.7 Å². The normalized spacial score (nSPS) is 12.5. The Kier molecular flexibility index (Phi) is 3.24. The average Bonchev–Trinajstić information content (AvgIpc) is 2.81. The minimum absolute atomic E-state index is 0.205. The molecule has 1 unspecified atom stereocenters. The van der Waals surface area contributed by atoms with Crippen molar-refractivity contribution in [1.82, 2.24) is 9.97 Å². The highest BCUT2D eigenvalue weighted by molar-refractivity contribution is 6.30. The molecule has 0 spiro atoms. The summed E-state index contributed by atoms with van der Waals surface area (Å²) in [6.07, 6.45) is -0.247. The van der Waals surface area contributed by atoms with Gasteiger partial charge >= 0.3 is 0 Å². The molecule has 0 aliphatic rings. The van der Waals surface area contributed by atoms with Gasteiger partial charge in [0.1, 0.15) is 17.3 Å². The van der Waals surface area contributed by atoms with Gasteiger partial charge in [-0.3, -0.25) is 0 Å². The van der Waals surface area contributed by atoms with Gasteiger partial charge in [-0.25, -0.2) is 4.98 Å². The van der Waals surface area contributed by atoms with Crippen LogP contribution in [0.2, 0.25) is 5.02 Å². The van der Waals surface area contributed by atoms with Crippen LogP contribution in [-0.4, -0.2) is 15.1 Å². The highest BCUT2D eigenvalue weighted by Gasteiger charge is 2.13. The summed E-state index contributed by atoms with van der Waals surface area (Å²) < 4.78 is 5.80. The van der Waals surface area contributed by atoms with Crippen LogP contribution in [0.25, 0.3) is 11.0 Å². The number of hydrogen-bond donors (Lipinski definition) is 2. The Balaban J connectivity index is 1.86. The maximum Gasteiger partial charge on any atom is 0.153 e. The molecular formula is C15H13ClN2O2. The minimum atomic E-state index is -0.247. The maximum atomic E-state index is 9.45. The number of rotatable bonds is 3. The fourth-order valence-corrected chi connectivity index (χ4v) is 2.19. The lowest BCUT2D eigenvalue weighted by Crippen LogP contribution is -2.04. The molecule has 0 aliphatic carbocycles. The van der Waals surface area contributed by atoms with Crippen LogP contribution >= 0.6 is 11.6 Å². The van der Waals surface area contributed by atoms with Crippen LogP contribution in [0.15, 0.2) is 42.5 Å². The molecule has 0 bridgehead atoms. The van der Waals surface area contributed by atoms with E-state index in [0.29, 0.717) is 16.6 Å². The lowest BCUT2D eigenvalue weighted by molar-refractivity contribution is 0.218. The van der Waals surface area contributed by atoms with Crippen LogP contribution in [0.3, 0.4) is 0 Å². The van der Waals surface area contributed by atoms with Gasteiger partial charge in [-0.05, 0) is 37.3 Å². The Morgan fingerprint density at radius 1 is 1.25 bits per heavy atom. The molecule has 2 aromatic carbocycles. The molecule has 2 N–H and O–H groups in total. The number of ether oxygens (including phenoxy) is 1. The third-order valence-corrected chi connectivity index (χ3v) is 3.21. The van der Waals surface area contributed by atoms with Crippen LogP contribution in [0.4, 0.5) is 0 Å². The van der Waals surface area contributed by atoms with Gasteiger partial charge in [0.2, 0.25) is 0 Å². The van der Waals surface area contributed by atoms with Gasteiger partial charge in [0.15, 0.2) is 6.10 Å². The third kappa shape index (κ3) is 2.56. The topological polar surface area (TPSA) is 58.1 Å². The number of phenols is 1. The number of benzene rings is 2. The van der Waals surface area contributed by atoms with Crippen molar-refractivity contribution in [1.29, 1.82) is 0 Å². The second-order valence-electron chi connectivity index (χ2n) is 4.54. The highest BCUT2D eigenvalue weighted by Crippen LogP contribution is 2.25. The van der Waals surface area contributed by atoms with Gasteiger partial charge < -0.3 is 14.8 Å². The molecule has 1 atom stereocenters. The van der Waals surface area contributed by atoms with E-state index in [-0.39, 0.29) is 11.9 Å². The van der Waals surface area contributed by atoms with E-state index in [1.54, 1.807) is 30.3 Å². The lowest BCUT2D eigenvalue weighted by atomic mass is 10.3. The summed E-state index contributed by atoms with van der Waals surface area (Å²) in [6.45, 7) is 1.90. The summed E-state index contributed by atoms with van der Waals surface area (Å²) in [4.78, 5) is 7.59. The molecule has 0 saturated heterocycles. The van der Waals surface area contributed by atoms with E-state index >= 15 is 0 Å². The van der Waals surface area contributed by atoms with Gasteiger partial charge in [0, 0.05) is 11.1 Å². The van der Waals surface area contributed by atoms with Gasteiger partial charge in [-0.2, -0.15) is 0 Å². The quantitative estimate of drug-likeness (QED) is 0.764. The van der Waals surface area contributed by atoms with Crippen molar-refractivity contribution in [2.75, 3.05) is 0 Å². The Morgan fingerprint density at radius 2 is 2.10 bits per heavy atom. The number of fused-ring (bicyclic) bond motifs is 1. The van der Waals surface area contributed by atoms with E-state index in [1.807, 2.05) is 19.1 Å². The van der Waals surface area contributed by atoms with Crippen molar-refractivity contribution in [2.24, 2.45) is 0 Å². The number of hydrogen-bond acceptors (Lipinski definition) is 3. The molecule has 3 rings (SSSR count). The van der Waals surface area contributed by atoms with Crippen LogP contribution in [0.1, 0.15) is 18.9 Å². The number of aromatic hydroxyl groups is 1. The first-order valence-corrected chi connectivity index (χ1v) is 6.60. The van der Waals surface area contributed by atoms with E-state index in [2.05, 4.69) is 9.97 Å². The molecule has 0 aliphatic heterocycles. The highest BCUT2D eigenvalue weighted by atomic mass is 35.5. The summed E-state index contributed by atoms with van der Waals surface area (Å²) >= 11 is 5.92. The first-order valence-electron chi connectivity index (χ1n) is 6.23. The molecule has 0 amide bonds. The predicted octanol–water partition coefficient (Wildman–Crippen LogP) is 4.06. The largest absolute Gasteiger partial charge is 0.508 e. The molecule has 102 valence electrons. The number of aromatic amines is 1. The van der Waals surface area contributed by atoms with Crippen molar-refractivity contribution in [2.45, 2.75) is 13.0 Å². The zero-order chi connectivity index (χ0) is 14.1. The van der Waals surface area contributed by atoms with E-state index in [4.69, 9.17) is 16.3 Å². The Hall–Kier alpha value is -2.20. The van der Waals surface area contributed by atoms with Crippen molar-refractivity contribution < 1.29 is 9.84 Å². The number of H-pyrrole nitrogens is 1. The summed E-state index contributed by atoms with van der Waals surface area (Å²) in [7, 11) is 0. The van der Waals surface area contributed by atoms with Crippen molar-refractivity contribution in [3.05, 3.63) is 53.3 Å². The zero-order valence-corrected chi connectivity index (χ0v) is 11.6. The van der Waals surface area contributed by atoms with Gasteiger partial charge in [0.25, 0.3) is 0 Å². The van der Waals surface area contributed by atoms with Crippen LogP contribution < -0.4 is 4.74 Å². The Morgan fingerprint density at radius 3 is 2.90 bits per heavy atom. The van der Waals surface area contributed by atoms with E-state index in [9.17, 15) is 5.11 Å². The SMILES string of the molecule is CC(Oc1cccc(Cl)c1)c1nc2ccc(O)cc2[nH]1. The van der Waals surface area contributed by atoms with E-state index < -0.39 is 0 Å². The molecule has 0 saturated carbocycles. The predicted molar refractivity (Wildman–Crippen MR) is 78.3 cm³/mol. The molecule has 4 nitrogen and oxygen atoms in total. The second kappa shape index (κ2) is 5.06. The van der Waals surface area contributed by atoms with Crippen molar-refractivity contribution >= 4 is 22.6 Å². The number of nitrogens with one attached hydrogen (secondary N) is 1. The average molecular weight is 289 g/mol. The molecule has 1 aromatic heterocycles. The Labute approximate surface area is 121 Å². The first kappa shape index (κ1) is 12.8. The fraction of sp³-hybridized carbons (Fsp3) is 0.133. The molecule has 20 heavy (non-hydrogen) atoms. The van der Waals surface area contributed by atoms with Crippen LogP contribution in [0, 0.1) is 0 Å². The van der Waals surface area contributed by atoms with Crippen molar-refractivity contribution in [3.63, 3.8) is 0 Å². The zero-order valence-electron chi connectivity index (χ0n) is 10.8. The third-order valence-electron chi connectivity index (χ3n) is 2.98. The number of nitrogens with zero attached hydrogens (tertiary/aromatic N) is 1. The van der Waals surface area contributed by atoms with Crippen LogP contribution in [0.5, 0.6) is 11.5 Å². The van der Waals surface area contributed by atoms with Crippen LogP contribution in [-0.2, 0) is 0 Å². The molecule has 5 heteroatoms. The number of halogens is 1. The van der Waals surface area contributed by atoms with Crippen molar-refractivity contribution in [3.8, 4) is 11.5 Å². The molecule has 0 radical (unpaired) electrons. The van der Waals surface area contributed by atoms with E-state index in [0.717, 1.165) is 11.0 Å². The fourth-order valence-electron chi connectivity index (χ4n) is 2.01. The van der Waals surface area contributed by atoms with Gasteiger partial charge in [-0.15, -0.1) is 0 Å². The molecule has 1 heterocycles. The summed E-state index contributed by atoms with van der Waals surface area (Å²) in [6, 6.07) is 12.2. The second-order valence-corrected chi connectivity index (χ2v) is 4.98. The minimum Gasteiger partial charge on any atom is -0.508 e. The molecule has 0 fully saturated rings.